The zero-order valence-corrected chi connectivity index (χ0v) is 11.7. The molecule has 1 spiro atoms. The summed E-state index contributed by atoms with van der Waals surface area (Å²) in [6.45, 7) is 3.72. The normalized spacial score (nSPS) is 29.3. The minimum Gasteiger partial charge on any atom is -0.378 e. The first-order valence-corrected chi connectivity index (χ1v) is 7.60. The lowest BCUT2D eigenvalue weighted by molar-refractivity contribution is -0.150. The van der Waals surface area contributed by atoms with Crippen LogP contribution in [-0.2, 0) is 11.3 Å². The van der Waals surface area contributed by atoms with Crippen LogP contribution in [0.1, 0.15) is 51.2 Å². The van der Waals surface area contributed by atoms with E-state index >= 15 is 0 Å². The third kappa shape index (κ3) is 2.43. The molecule has 19 heavy (non-hydrogen) atoms. The van der Waals surface area contributed by atoms with E-state index in [1.165, 1.54) is 32.1 Å². The monoisotopic (exact) mass is 264 g/mol. The molecule has 2 fully saturated rings. The molecule has 0 bridgehead atoms. The van der Waals surface area contributed by atoms with Gasteiger partial charge in [0.15, 0.2) is 0 Å². The minimum atomic E-state index is 0.383. The fraction of sp³-hybridized carbons (Fsp3) is 0.800. The van der Waals surface area contributed by atoms with Crippen LogP contribution >= 0.6 is 0 Å². The Morgan fingerprint density at radius 1 is 1.42 bits per heavy atom. The average molecular weight is 264 g/mol. The van der Waals surface area contributed by atoms with Crippen LogP contribution in [0.3, 0.4) is 0 Å². The van der Waals surface area contributed by atoms with Gasteiger partial charge in [0.05, 0.1) is 18.8 Å². The summed E-state index contributed by atoms with van der Waals surface area (Å²) in [5.41, 5.74) is 0.383. The van der Waals surface area contributed by atoms with Gasteiger partial charge < -0.3 is 14.6 Å². The van der Waals surface area contributed by atoms with Crippen LogP contribution in [0.5, 0.6) is 0 Å². The predicted molar refractivity (Wildman–Crippen MR) is 72.7 cm³/mol. The standard InChI is InChI=1S/C15H24N2O2/c1-2-18-14-10-13(15(14)7-4-3-5-8-15)16-11-12-6-9-17-19-12/h6,9,13-14,16H,2-5,7-8,10-11H2,1H3. The Bertz CT molecular complexity index is 385. The molecule has 2 aliphatic rings. The first-order chi connectivity index (χ1) is 9.35. The highest BCUT2D eigenvalue weighted by atomic mass is 16.5. The lowest BCUT2D eigenvalue weighted by Gasteiger charge is -2.58. The molecule has 1 N–H and O–H groups in total. The van der Waals surface area contributed by atoms with Gasteiger partial charge in [-0.05, 0) is 26.2 Å². The molecule has 0 radical (unpaired) electrons. The highest BCUT2D eigenvalue weighted by Crippen LogP contribution is 2.53. The van der Waals surface area contributed by atoms with Gasteiger partial charge in [0.2, 0.25) is 0 Å². The molecule has 106 valence electrons. The number of ether oxygens (including phenoxy) is 1. The molecule has 0 amide bonds. The van der Waals surface area contributed by atoms with Crippen LogP contribution in [0.4, 0.5) is 0 Å². The second-order valence-corrected chi connectivity index (χ2v) is 5.89. The van der Waals surface area contributed by atoms with E-state index in [1.54, 1.807) is 6.20 Å². The quantitative estimate of drug-likeness (QED) is 0.888. The molecule has 0 aromatic carbocycles. The van der Waals surface area contributed by atoms with Crippen molar-refractivity contribution in [3.05, 3.63) is 18.0 Å². The van der Waals surface area contributed by atoms with Crippen molar-refractivity contribution in [3.63, 3.8) is 0 Å². The van der Waals surface area contributed by atoms with Crippen LogP contribution in [0.2, 0.25) is 0 Å². The average Bonchev–Trinajstić information content (AvgIpc) is 2.96. The van der Waals surface area contributed by atoms with Gasteiger partial charge in [-0.15, -0.1) is 0 Å². The van der Waals surface area contributed by atoms with E-state index in [-0.39, 0.29) is 0 Å². The summed E-state index contributed by atoms with van der Waals surface area (Å²) in [6.07, 6.45) is 10.0. The van der Waals surface area contributed by atoms with Crippen molar-refractivity contribution in [2.45, 2.75) is 64.1 Å². The molecule has 1 aromatic rings. The van der Waals surface area contributed by atoms with Crippen molar-refractivity contribution >= 4 is 0 Å². The topological polar surface area (TPSA) is 47.3 Å². The molecule has 0 aliphatic heterocycles. The summed E-state index contributed by atoms with van der Waals surface area (Å²) < 4.78 is 11.1. The van der Waals surface area contributed by atoms with E-state index in [4.69, 9.17) is 9.26 Å². The van der Waals surface area contributed by atoms with E-state index in [0.29, 0.717) is 17.6 Å². The molecule has 4 nitrogen and oxygen atoms in total. The van der Waals surface area contributed by atoms with Gasteiger partial charge in [0, 0.05) is 24.1 Å². The highest BCUT2D eigenvalue weighted by molar-refractivity contribution is 5.09. The molecule has 1 heterocycles. The van der Waals surface area contributed by atoms with E-state index < -0.39 is 0 Å². The van der Waals surface area contributed by atoms with Gasteiger partial charge in [0.1, 0.15) is 5.76 Å². The molecular formula is C15H24N2O2. The predicted octanol–water partition coefficient (Wildman–Crippen LogP) is 2.89. The molecule has 4 heteroatoms. The van der Waals surface area contributed by atoms with E-state index in [1.807, 2.05) is 6.07 Å². The Balaban J connectivity index is 1.61. The Morgan fingerprint density at radius 2 is 2.26 bits per heavy atom. The maximum atomic E-state index is 5.96. The second-order valence-electron chi connectivity index (χ2n) is 5.89. The van der Waals surface area contributed by atoms with Crippen LogP contribution in [0.25, 0.3) is 0 Å². The number of rotatable bonds is 5. The van der Waals surface area contributed by atoms with Crippen molar-refractivity contribution in [1.29, 1.82) is 0 Å². The third-order valence-corrected chi connectivity index (χ3v) is 4.95. The highest BCUT2D eigenvalue weighted by Gasteiger charge is 2.55. The lowest BCUT2D eigenvalue weighted by Crippen LogP contribution is -2.64. The number of nitrogens with one attached hydrogen (secondary N) is 1. The molecule has 2 atom stereocenters. The van der Waals surface area contributed by atoms with E-state index in [0.717, 1.165) is 25.3 Å². The van der Waals surface area contributed by atoms with Crippen LogP contribution in [-0.4, -0.2) is 23.9 Å². The van der Waals surface area contributed by atoms with Crippen LogP contribution < -0.4 is 5.32 Å². The fourth-order valence-corrected chi connectivity index (χ4v) is 3.91. The van der Waals surface area contributed by atoms with Crippen molar-refractivity contribution in [3.8, 4) is 0 Å². The summed E-state index contributed by atoms with van der Waals surface area (Å²) in [7, 11) is 0. The maximum Gasteiger partial charge on any atom is 0.150 e. The Kier molecular flexibility index (Phi) is 3.89. The number of nitrogens with zero attached hydrogens (tertiary/aromatic N) is 1. The van der Waals surface area contributed by atoms with Crippen molar-refractivity contribution in [2.24, 2.45) is 5.41 Å². The Morgan fingerprint density at radius 3 is 2.95 bits per heavy atom. The molecule has 0 saturated heterocycles. The van der Waals surface area contributed by atoms with Gasteiger partial charge in [-0.1, -0.05) is 24.4 Å². The SMILES string of the molecule is CCOC1CC(NCc2ccno2)C12CCCCC2. The van der Waals surface area contributed by atoms with E-state index in [9.17, 15) is 0 Å². The van der Waals surface area contributed by atoms with Crippen molar-refractivity contribution in [2.75, 3.05) is 6.61 Å². The number of hydrogen-bond donors (Lipinski definition) is 1. The van der Waals surface area contributed by atoms with Gasteiger partial charge in [0.25, 0.3) is 0 Å². The van der Waals surface area contributed by atoms with Crippen molar-refractivity contribution in [1.82, 2.24) is 10.5 Å². The van der Waals surface area contributed by atoms with Gasteiger partial charge in [-0.25, -0.2) is 0 Å². The lowest BCUT2D eigenvalue weighted by atomic mass is 9.55. The summed E-state index contributed by atoms with van der Waals surface area (Å²) in [5.74, 6) is 0.922. The van der Waals surface area contributed by atoms with Crippen LogP contribution in [0.15, 0.2) is 16.8 Å². The second kappa shape index (κ2) is 5.63. The fourth-order valence-electron chi connectivity index (χ4n) is 3.91. The van der Waals surface area contributed by atoms with Crippen LogP contribution in [0, 0.1) is 5.41 Å². The molecule has 2 aliphatic carbocycles. The summed E-state index contributed by atoms with van der Waals surface area (Å²) >= 11 is 0. The Hall–Kier alpha value is -0.870. The molecule has 3 rings (SSSR count). The first kappa shape index (κ1) is 13.1. The number of hydrogen-bond acceptors (Lipinski definition) is 4. The third-order valence-electron chi connectivity index (χ3n) is 4.95. The van der Waals surface area contributed by atoms with Gasteiger partial charge in [-0.2, -0.15) is 0 Å². The summed E-state index contributed by atoms with van der Waals surface area (Å²) in [4.78, 5) is 0. The minimum absolute atomic E-state index is 0.383. The van der Waals surface area contributed by atoms with Crippen molar-refractivity contribution < 1.29 is 9.26 Å². The molecule has 2 saturated carbocycles. The smallest absolute Gasteiger partial charge is 0.150 e. The molecule has 1 aromatic heterocycles. The Labute approximate surface area is 114 Å². The molecular weight excluding hydrogens is 240 g/mol. The zero-order chi connectivity index (χ0) is 13.1. The molecule has 2 unspecified atom stereocenters. The summed E-state index contributed by atoms with van der Waals surface area (Å²) in [5, 5.41) is 7.41. The maximum absolute atomic E-state index is 5.96. The van der Waals surface area contributed by atoms with Gasteiger partial charge in [-0.3, -0.25) is 0 Å². The largest absolute Gasteiger partial charge is 0.378 e. The zero-order valence-electron chi connectivity index (χ0n) is 11.7. The first-order valence-electron chi connectivity index (χ1n) is 7.60. The number of aromatic nitrogens is 1. The van der Waals surface area contributed by atoms with E-state index in [2.05, 4.69) is 17.4 Å². The summed E-state index contributed by atoms with van der Waals surface area (Å²) in [6, 6.07) is 2.51. The van der Waals surface area contributed by atoms with Gasteiger partial charge >= 0.3 is 0 Å².